The van der Waals surface area contributed by atoms with Crippen molar-refractivity contribution in [3.8, 4) is 11.3 Å². The van der Waals surface area contributed by atoms with E-state index in [0.717, 1.165) is 6.07 Å². The lowest BCUT2D eigenvalue weighted by atomic mass is 10.1. The van der Waals surface area contributed by atoms with Gasteiger partial charge in [0.15, 0.2) is 11.6 Å². The van der Waals surface area contributed by atoms with Gasteiger partial charge in [0, 0.05) is 6.07 Å². The number of benzene rings is 1. The maximum absolute atomic E-state index is 13.5. The van der Waals surface area contributed by atoms with E-state index in [4.69, 9.17) is 10.3 Å². The molecule has 0 fully saturated rings. The van der Waals surface area contributed by atoms with Crippen LogP contribution >= 0.6 is 22.6 Å². The van der Waals surface area contributed by atoms with Gasteiger partial charge in [-0.25, -0.2) is 8.78 Å². The van der Waals surface area contributed by atoms with Crippen molar-refractivity contribution in [3.63, 3.8) is 0 Å². The van der Waals surface area contributed by atoms with Crippen LogP contribution in [0.2, 0.25) is 0 Å². The fraction of sp³-hybridized carbons (Fsp3) is 0.100. The summed E-state index contributed by atoms with van der Waals surface area (Å²) in [6.07, 6.45) is 0. The molecule has 2 N–H and O–H groups in total. The largest absolute Gasteiger partial charge is 0.380 e. The van der Waals surface area contributed by atoms with E-state index < -0.39 is 11.6 Å². The molecular weight excluding hydrogens is 329 g/mol. The molecule has 1 aromatic carbocycles. The van der Waals surface area contributed by atoms with Crippen LogP contribution in [0.3, 0.4) is 0 Å². The smallest absolute Gasteiger partial charge is 0.185 e. The van der Waals surface area contributed by atoms with E-state index in [2.05, 4.69) is 5.16 Å². The number of hydrogen-bond donors (Lipinski definition) is 1. The van der Waals surface area contributed by atoms with Crippen LogP contribution in [0.4, 0.5) is 14.6 Å². The Morgan fingerprint density at radius 1 is 1.31 bits per heavy atom. The van der Waals surface area contributed by atoms with Crippen LogP contribution in [-0.4, -0.2) is 5.16 Å². The van der Waals surface area contributed by atoms with Gasteiger partial charge in [-0.3, -0.25) is 0 Å². The molecule has 0 bridgehead atoms. The van der Waals surface area contributed by atoms with Crippen molar-refractivity contribution >= 4 is 28.4 Å². The minimum absolute atomic E-state index is 0.160. The number of nitrogen functional groups attached to an aromatic ring is 1. The first-order valence-corrected chi connectivity index (χ1v) is 5.45. The Hall–Kier alpha value is -1.18. The van der Waals surface area contributed by atoms with Gasteiger partial charge in [-0.1, -0.05) is 5.16 Å². The average molecular weight is 336 g/mol. The number of nitrogens with two attached hydrogens (primary N) is 1. The van der Waals surface area contributed by atoms with Gasteiger partial charge in [0.2, 0.25) is 0 Å². The Balaban J connectivity index is 2.65. The molecule has 0 spiro atoms. The standard InChI is InChI=1S/C10H7F2IN2O/c1-4-2-5(7(12)3-6(4)11)9-8(13)10(14)15-16-9/h2-3H,1H3,(H2,14,15). The van der Waals surface area contributed by atoms with Gasteiger partial charge in [0.1, 0.15) is 15.2 Å². The monoisotopic (exact) mass is 336 g/mol. The summed E-state index contributed by atoms with van der Waals surface area (Å²) in [6.45, 7) is 1.55. The molecule has 0 aliphatic rings. The molecule has 0 radical (unpaired) electrons. The molecule has 0 aliphatic carbocycles. The quantitative estimate of drug-likeness (QED) is 0.814. The Kier molecular flexibility index (Phi) is 2.83. The number of aromatic nitrogens is 1. The van der Waals surface area contributed by atoms with Crippen LogP contribution in [0.15, 0.2) is 16.7 Å². The molecule has 16 heavy (non-hydrogen) atoms. The fourth-order valence-electron chi connectivity index (χ4n) is 1.29. The number of halogens is 3. The molecule has 2 aromatic rings. The van der Waals surface area contributed by atoms with Gasteiger partial charge in [-0.15, -0.1) is 0 Å². The summed E-state index contributed by atoms with van der Waals surface area (Å²) in [5, 5.41) is 3.52. The predicted octanol–water partition coefficient (Wildman–Crippen LogP) is 3.12. The van der Waals surface area contributed by atoms with Crippen molar-refractivity contribution in [2.24, 2.45) is 0 Å². The molecular formula is C10H7F2IN2O. The lowest BCUT2D eigenvalue weighted by molar-refractivity contribution is 0.432. The zero-order valence-corrected chi connectivity index (χ0v) is 10.4. The fourth-order valence-corrected chi connectivity index (χ4v) is 1.78. The van der Waals surface area contributed by atoms with Crippen LogP contribution in [0, 0.1) is 22.1 Å². The molecule has 0 atom stereocenters. The Morgan fingerprint density at radius 2 is 2.00 bits per heavy atom. The predicted molar refractivity (Wildman–Crippen MR) is 63.7 cm³/mol. The van der Waals surface area contributed by atoms with Gasteiger partial charge < -0.3 is 10.3 Å². The second kappa shape index (κ2) is 4.00. The highest BCUT2D eigenvalue weighted by Gasteiger charge is 2.18. The van der Waals surface area contributed by atoms with Gasteiger partial charge in [0.25, 0.3) is 0 Å². The summed E-state index contributed by atoms with van der Waals surface area (Å²) in [6, 6.07) is 2.19. The zero-order valence-electron chi connectivity index (χ0n) is 8.22. The van der Waals surface area contributed by atoms with Crippen molar-refractivity contribution in [1.29, 1.82) is 0 Å². The molecule has 0 unspecified atom stereocenters. The number of aryl methyl sites for hydroxylation is 1. The number of anilines is 1. The van der Waals surface area contributed by atoms with E-state index in [-0.39, 0.29) is 17.1 Å². The minimum atomic E-state index is -0.697. The molecule has 0 saturated carbocycles. The van der Waals surface area contributed by atoms with Crippen molar-refractivity contribution < 1.29 is 13.3 Å². The number of hydrogen-bond acceptors (Lipinski definition) is 3. The maximum atomic E-state index is 13.5. The molecule has 0 amide bonds. The van der Waals surface area contributed by atoms with E-state index in [1.54, 1.807) is 6.92 Å². The summed E-state index contributed by atoms with van der Waals surface area (Å²) >= 11 is 1.90. The van der Waals surface area contributed by atoms with Crippen LogP contribution in [-0.2, 0) is 0 Å². The third kappa shape index (κ3) is 1.77. The molecule has 1 aromatic heterocycles. The molecule has 6 heteroatoms. The summed E-state index contributed by atoms with van der Waals surface area (Å²) < 4.78 is 32.0. The van der Waals surface area contributed by atoms with Crippen molar-refractivity contribution in [2.45, 2.75) is 6.92 Å². The zero-order chi connectivity index (χ0) is 11.9. The van der Waals surface area contributed by atoms with Gasteiger partial charge in [-0.2, -0.15) is 0 Å². The third-order valence-electron chi connectivity index (χ3n) is 2.15. The van der Waals surface area contributed by atoms with Crippen molar-refractivity contribution in [3.05, 3.63) is 32.9 Å². The van der Waals surface area contributed by atoms with E-state index in [1.165, 1.54) is 6.07 Å². The SMILES string of the molecule is Cc1cc(-c2onc(N)c2I)c(F)cc1F. The highest BCUT2D eigenvalue weighted by molar-refractivity contribution is 14.1. The van der Waals surface area contributed by atoms with Crippen LogP contribution in [0.5, 0.6) is 0 Å². The van der Waals surface area contributed by atoms with Gasteiger partial charge in [-0.05, 0) is 41.1 Å². The van der Waals surface area contributed by atoms with Crippen LogP contribution < -0.4 is 5.73 Å². The van der Waals surface area contributed by atoms with Crippen LogP contribution in [0.25, 0.3) is 11.3 Å². The molecule has 1 heterocycles. The molecule has 2 rings (SSSR count). The Labute approximate surface area is 104 Å². The normalized spacial score (nSPS) is 10.8. The number of rotatable bonds is 1. The second-order valence-electron chi connectivity index (χ2n) is 3.29. The van der Waals surface area contributed by atoms with Crippen LogP contribution in [0.1, 0.15) is 5.56 Å². The first-order chi connectivity index (χ1) is 7.50. The number of nitrogens with zero attached hydrogens (tertiary/aromatic N) is 1. The molecule has 3 nitrogen and oxygen atoms in total. The lowest BCUT2D eigenvalue weighted by Crippen LogP contribution is -1.91. The molecule has 0 aliphatic heterocycles. The first-order valence-electron chi connectivity index (χ1n) is 4.37. The third-order valence-corrected chi connectivity index (χ3v) is 3.19. The minimum Gasteiger partial charge on any atom is -0.380 e. The Bertz CT molecular complexity index is 554. The average Bonchev–Trinajstić information content (AvgIpc) is 2.54. The second-order valence-corrected chi connectivity index (χ2v) is 4.37. The Morgan fingerprint density at radius 3 is 2.56 bits per heavy atom. The van der Waals surface area contributed by atoms with Crippen molar-refractivity contribution in [1.82, 2.24) is 5.16 Å². The summed E-state index contributed by atoms with van der Waals surface area (Å²) in [5.41, 5.74) is 5.98. The van der Waals surface area contributed by atoms with Gasteiger partial charge >= 0.3 is 0 Å². The van der Waals surface area contributed by atoms with Crippen molar-refractivity contribution in [2.75, 3.05) is 5.73 Å². The highest BCUT2D eigenvalue weighted by Crippen LogP contribution is 2.32. The van der Waals surface area contributed by atoms with E-state index in [1.807, 2.05) is 22.6 Å². The lowest BCUT2D eigenvalue weighted by Gasteiger charge is -2.02. The molecule has 84 valence electrons. The van der Waals surface area contributed by atoms with E-state index >= 15 is 0 Å². The topological polar surface area (TPSA) is 52.0 Å². The molecule has 0 saturated heterocycles. The van der Waals surface area contributed by atoms with Gasteiger partial charge in [0.05, 0.1) is 5.56 Å². The van der Waals surface area contributed by atoms with E-state index in [9.17, 15) is 8.78 Å². The first kappa shape index (κ1) is 11.3. The summed E-state index contributed by atoms with van der Waals surface area (Å²) in [5.74, 6) is -0.878. The summed E-state index contributed by atoms with van der Waals surface area (Å²) in [7, 11) is 0. The summed E-state index contributed by atoms with van der Waals surface area (Å²) in [4.78, 5) is 0. The maximum Gasteiger partial charge on any atom is 0.185 e. The van der Waals surface area contributed by atoms with E-state index in [0.29, 0.717) is 9.13 Å². The highest BCUT2D eigenvalue weighted by atomic mass is 127.